The third-order valence-corrected chi connectivity index (χ3v) is 5.67. The van der Waals surface area contributed by atoms with Crippen molar-refractivity contribution in [1.29, 1.82) is 0 Å². The number of carbonyl (C=O) groups excluding carboxylic acids is 1. The van der Waals surface area contributed by atoms with Gasteiger partial charge in [-0.3, -0.25) is 4.79 Å². The summed E-state index contributed by atoms with van der Waals surface area (Å²) in [6, 6.07) is 0. The Morgan fingerprint density at radius 2 is 2.18 bits per heavy atom. The molecule has 5 nitrogen and oxygen atoms in total. The molecular formula is C16H28N4OS. The Morgan fingerprint density at radius 3 is 2.82 bits per heavy atom. The molecule has 0 radical (unpaired) electrons. The zero-order valence-electron chi connectivity index (χ0n) is 13.9. The molecule has 2 unspecified atom stereocenters. The zero-order chi connectivity index (χ0) is 15.9. The predicted octanol–water partition coefficient (Wildman–Crippen LogP) is 3.41. The molecule has 1 aliphatic rings. The molecule has 1 amide bonds. The molecule has 1 aromatic heterocycles. The summed E-state index contributed by atoms with van der Waals surface area (Å²) in [7, 11) is 0. The summed E-state index contributed by atoms with van der Waals surface area (Å²) in [4.78, 5) is 12.2. The van der Waals surface area contributed by atoms with Crippen LogP contribution >= 0.6 is 11.3 Å². The lowest BCUT2D eigenvalue weighted by Crippen LogP contribution is -2.34. The lowest BCUT2D eigenvalue weighted by atomic mass is 9.85. The van der Waals surface area contributed by atoms with E-state index in [9.17, 15) is 4.79 Å². The second-order valence-electron chi connectivity index (χ2n) is 6.29. The molecule has 2 atom stereocenters. The van der Waals surface area contributed by atoms with Crippen LogP contribution in [0.3, 0.4) is 0 Å². The molecule has 0 spiro atoms. The predicted molar refractivity (Wildman–Crippen MR) is 91.2 cm³/mol. The molecule has 1 saturated heterocycles. The largest absolute Gasteiger partial charge is 0.316 e. The van der Waals surface area contributed by atoms with Gasteiger partial charge in [0, 0.05) is 12.3 Å². The number of nitrogens with zero attached hydrogens (tertiary/aromatic N) is 2. The Kier molecular flexibility index (Phi) is 6.76. The van der Waals surface area contributed by atoms with Gasteiger partial charge in [0.1, 0.15) is 5.01 Å². The van der Waals surface area contributed by atoms with Crippen molar-refractivity contribution in [2.24, 2.45) is 11.8 Å². The first kappa shape index (κ1) is 17.3. The van der Waals surface area contributed by atoms with Crippen molar-refractivity contribution < 1.29 is 4.79 Å². The van der Waals surface area contributed by atoms with Gasteiger partial charge in [-0.2, -0.15) is 0 Å². The normalized spacial score (nSPS) is 20.1. The van der Waals surface area contributed by atoms with Crippen molar-refractivity contribution in [2.45, 2.75) is 58.8 Å². The number of rotatable bonds is 7. The molecule has 2 N–H and O–H groups in total. The summed E-state index contributed by atoms with van der Waals surface area (Å²) in [6.45, 7) is 8.64. The Hall–Kier alpha value is -1.01. The van der Waals surface area contributed by atoms with E-state index in [0.717, 1.165) is 30.9 Å². The monoisotopic (exact) mass is 324 g/mol. The van der Waals surface area contributed by atoms with Crippen LogP contribution in [0.5, 0.6) is 0 Å². The van der Waals surface area contributed by atoms with Crippen LogP contribution in [-0.2, 0) is 4.79 Å². The summed E-state index contributed by atoms with van der Waals surface area (Å²) >= 11 is 1.51. The highest BCUT2D eigenvalue weighted by molar-refractivity contribution is 7.15. The van der Waals surface area contributed by atoms with Crippen molar-refractivity contribution in [1.82, 2.24) is 15.5 Å². The van der Waals surface area contributed by atoms with E-state index in [1.54, 1.807) is 0 Å². The Balaban J connectivity index is 1.83. The summed E-state index contributed by atoms with van der Waals surface area (Å²) in [6.07, 6.45) is 5.12. The number of aromatic nitrogens is 2. The first-order valence-corrected chi connectivity index (χ1v) is 9.29. The van der Waals surface area contributed by atoms with Crippen LogP contribution in [0.4, 0.5) is 5.13 Å². The van der Waals surface area contributed by atoms with E-state index in [2.05, 4.69) is 41.6 Å². The quantitative estimate of drug-likeness (QED) is 0.806. The van der Waals surface area contributed by atoms with Gasteiger partial charge in [0.05, 0.1) is 0 Å². The maximum absolute atomic E-state index is 12.2. The summed E-state index contributed by atoms with van der Waals surface area (Å²) in [5.74, 6) is 1.52. The molecule has 1 aliphatic heterocycles. The van der Waals surface area contributed by atoms with Crippen molar-refractivity contribution in [3.63, 3.8) is 0 Å². The maximum atomic E-state index is 12.2. The lowest BCUT2D eigenvalue weighted by molar-refractivity contribution is -0.117. The van der Waals surface area contributed by atoms with Crippen LogP contribution in [-0.4, -0.2) is 29.2 Å². The highest BCUT2D eigenvalue weighted by atomic mass is 32.1. The van der Waals surface area contributed by atoms with Gasteiger partial charge >= 0.3 is 0 Å². The van der Waals surface area contributed by atoms with Gasteiger partial charge in [-0.25, -0.2) is 0 Å². The second-order valence-corrected chi connectivity index (χ2v) is 7.30. The standard InChI is InChI=1S/C16H28N4OS/c1-4-12(5-2)15-19-20-16(22-15)18-14(21)9-11(3)13-7-6-8-17-10-13/h11-13,17H,4-10H2,1-3H3,(H,18,20,21). The number of piperidine rings is 1. The van der Waals surface area contributed by atoms with Crippen LogP contribution in [0.15, 0.2) is 0 Å². The van der Waals surface area contributed by atoms with Gasteiger partial charge in [-0.05, 0) is 50.6 Å². The Morgan fingerprint density at radius 1 is 1.41 bits per heavy atom. The Bertz CT molecular complexity index is 466. The fourth-order valence-corrected chi connectivity index (χ4v) is 4.11. The molecule has 2 rings (SSSR count). The number of hydrogen-bond donors (Lipinski definition) is 2. The molecule has 2 heterocycles. The molecule has 22 heavy (non-hydrogen) atoms. The summed E-state index contributed by atoms with van der Waals surface area (Å²) in [5.41, 5.74) is 0. The van der Waals surface area contributed by atoms with E-state index in [1.165, 1.54) is 24.2 Å². The fourth-order valence-electron chi connectivity index (χ4n) is 3.08. The third-order valence-electron chi connectivity index (χ3n) is 4.67. The molecule has 124 valence electrons. The number of nitrogens with one attached hydrogen (secondary N) is 2. The third kappa shape index (κ3) is 4.74. The Labute approximate surface area is 137 Å². The summed E-state index contributed by atoms with van der Waals surface area (Å²) < 4.78 is 0. The molecule has 0 aromatic carbocycles. The fraction of sp³-hybridized carbons (Fsp3) is 0.812. The van der Waals surface area contributed by atoms with E-state index < -0.39 is 0 Å². The highest BCUT2D eigenvalue weighted by Gasteiger charge is 2.22. The molecule has 0 bridgehead atoms. The minimum Gasteiger partial charge on any atom is -0.316 e. The second kappa shape index (κ2) is 8.58. The van der Waals surface area contributed by atoms with Crippen molar-refractivity contribution in [2.75, 3.05) is 18.4 Å². The first-order chi connectivity index (χ1) is 10.6. The van der Waals surface area contributed by atoms with E-state index >= 15 is 0 Å². The first-order valence-electron chi connectivity index (χ1n) is 8.48. The van der Waals surface area contributed by atoms with Crippen LogP contribution in [0.2, 0.25) is 0 Å². The molecule has 1 aromatic rings. The number of anilines is 1. The van der Waals surface area contributed by atoms with Crippen LogP contribution in [0.1, 0.15) is 63.8 Å². The number of hydrogen-bond acceptors (Lipinski definition) is 5. The average Bonchev–Trinajstić information content (AvgIpc) is 2.97. The SMILES string of the molecule is CCC(CC)c1nnc(NC(=O)CC(C)C2CCCNC2)s1. The zero-order valence-corrected chi connectivity index (χ0v) is 14.7. The molecule has 6 heteroatoms. The van der Waals surface area contributed by atoms with E-state index in [-0.39, 0.29) is 5.91 Å². The lowest BCUT2D eigenvalue weighted by Gasteiger charge is -2.27. The van der Waals surface area contributed by atoms with Gasteiger partial charge in [0.2, 0.25) is 11.0 Å². The van der Waals surface area contributed by atoms with Gasteiger partial charge in [-0.15, -0.1) is 10.2 Å². The minimum absolute atomic E-state index is 0.0605. The smallest absolute Gasteiger partial charge is 0.226 e. The van der Waals surface area contributed by atoms with Crippen LogP contribution in [0, 0.1) is 11.8 Å². The number of carbonyl (C=O) groups is 1. The topological polar surface area (TPSA) is 66.9 Å². The average molecular weight is 324 g/mol. The van der Waals surface area contributed by atoms with Gasteiger partial charge in [0.15, 0.2) is 0 Å². The minimum atomic E-state index is 0.0605. The van der Waals surface area contributed by atoms with E-state index in [4.69, 9.17) is 0 Å². The molecule has 0 saturated carbocycles. The van der Waals surface area contributed by atoms with Crippen LogP contribution < -0.4 is 10.6 Å². The van der Waals surface area contributed by atoms with Crippen molar-refractivity contribution in [3.8, 4) is 0 Å². The molecular weight excluding hydrogens is 296 g/mol. The van der Waals surface area contributed by atoms with Crippen LogP contribution in [0.25, 0.3) is 0 Å². The maximum Gasteiger partial charge on any atom is 0.226 e. The van der Waals surface area contributed by atoms with E-state index in [0.29, 0.717) is 29.3 Å². The summed E-state index contributed by atoms with van der Waals surface area (Å²) in [5, 5.41) is 16.3. The highest BCUT2D eigenvalue weighted by Crippen LogP contribution is 2.28. The van der Waals surface area contributed by atoms with Gasteiger partial charge in [0.25, 0.3) is 0 Å². The molecule has 1 fully saturated rings. The van der Waals surface area contributed by atoms with Gasteiger partial charge in [-0.1, -0.05) is 32.1 Å². The van der Waals surface area contributed by atoms with Gasteiger partial charge < -0.3 is 10.6 Å². The number of amides is 1. The van der Waals surface area contributed by atoms with Crippen molar-refractivity contribution in [3.05, 3.63) is 5.01 Å². The molecule has 0 aliphatic carbocycles. The van der Waals surface area contributed by atoms with E-state index in [1.807, 2.05) is 0 Å². The van der Waals surface area contributed by atoms with Crippen molar-refractivity contribution >= 4 is 22.4 Å².